The second kappa shape index (κ2) is 15.4. The van der Waals surface area contributed by atoms with Gasteiger partial charge >= 0.3 is 0 Å². The molecule has 35 heavy (non-hydrogen) atoms. The summed E-state index contributed by atoms with van der Waals surface area (Å²) in [6.07, 6.45) is 1.00. The van der Waals surface area contributed by atoms with Gasteiger partial charge in [-0.2, -0.15) is 11.8 Å². The van der Waals surface area contributed by atoms with Crippen LogP contribution in [-0.4, -0.2) is 53.5 Å². The van der Waals surface area contributed by atoms with Crippen LogP contribution >= 0.6 is 11.8 Å². The van der Waals surface area contributed by atoms with Crippen molar-refractivity contribution >= 4 is 35.4 Å². The second-order valence-corrected chi connectivity index (χ2v) is 10.3. The van der Waals surface area contributed by atoms with Crippen LogP contribution in [-0.2, 0) is 24.9 Å². The van der Waals surface area contributed by atoms with Crippen molar-refractivity contribution in [3.8, 4) is 0 Å². The van der Waals surface area contributed by atoms with Gasteiger partial charge in [0, 0.05) is 11.5 Å². The highest BCUT2D eigenvalue weighted by Gasteiger charge is 2.32. The molecule has 5 atom stereocenters. The van der Waals surface area contributed by atoms with Gasteiger partial charge in [0.2, 0.25) is 23.6 Å². The van der Waals surface area contributed by atoms with Gasteiger partial charge in [0.25, 0.3) is 0 Å². The predicted octanol–water partition coefficient (Wildman–Crippen LogP) is 1.30. The minimum atomic E-state index is -0.893. The summed E-state index contributed by atoms with van der Waals surface area (Å²) in [6, 6.07) is 6.39. The fraction of sp³-hybridized carbons (Fsp3) is 0.600. The number of amides is 4. The van der Waals surface area contributed by atoms with Gasteiger partial charge in [0.15, 0.2) is 0 Å². The third-order valence-corrected chi connectivity index (χ3v) is 6.71. The lowest BCUT2D eigenvalue weighted by Crippen LogP contribution is -2.59. The minimum Gasteiger partial charge on any atom is -0.368 e. The summed E-state index contributed by atoms with van der Waals surface area (Å²) in [7, 11) is 0. The average Bonchev–Trinajstić information content (AvgIpc) is 2.80. The number of nitrogens with one attached hydrogen (secondary N) is 3. The van der Waals surface area contributed by atoms with Crippen molar-refractivity contribution in [3.05, 3.63) is 35.9 Å². The van der Waals surface area contributed by atoms with Gasteiger partial charge in [-0.25, -0.2) is 0 Å². The van der Waals surface area contributed by atoms with Crippen LogP contribution in [0.4, 0.5) is 0 Å². The van der Waals surface area contributed by atoms with Gasteiger partial charge in [0.05, 0.1) is 6.04 Å². The fourth-order valence-corrected chi connectivity index (χ4v) is 4.32. The van der Waals surface area contributed by atoms with Gasteiger partial charge in [-0.3, -0.25) is 19.2 Å². The SMILES string of the molecule is CC[C@H](C)[C@H](NC(=O)[C@H](CC(C)C)NC(=O)[C@H](C)N)C(=O)N[C@@H](CSCc1ccccc1)C(N)=O. The quantitative estimate of drug-likeness (QED) is 0.241. The molecule has 9 nitrogen and oxygen atoms in total. The average molecular weight is 508 g/mol. The van der Waals surface area contributed by atoms with Gasteiger partial charge in [0.1, 0.15) is 18.1 Å². The van der Waals surface area contributed by atoms with E-state index in [1.165, 1.54) is 18.7 Å². The maximum absolute atomic E-state index is 13.2. The number of primary amides is 1. The summed E-state index contributed by atoms with van der Waals surface area (Å²) in [6.45, 7) is 9.14. The molecule has 0 radical (unpaired) electrons. The van der Waals surface area contributed by atoms with Crippen LogP contribution in [0.25, 0.3) is 0 Å². The zero-order valence-electron chi connectivity index (χ0n) is 21.4. The molecule has 0 bridgehead atoms. The summed E-state index contributed by atoms with van der Waals surface area (Å²) in [4.78, 5) is 50.4. The van der Waals surface area contributed by atoms with Gasteiger partial charge in [-0.1, -0.05) is 64.4 Å². The molecule has 0 fully saturated rings. The zero-order chi connectivity index (χ0) is 26.5. The monoisotopic (exact) mass is 507 g/mol. The summed E-state index contributed by atoms with van der Waals surface area (Å²) < 4.78 is 0. The third-order valence-electron chi connectivity index (χ3n) is 5.60. The Kier molecular flexibility index (Phi) is 13.4. The molecule has 196 valence electrons. The topological polar surface area (TPSA) is 156 Å². The summed E-state index contributed by atoms with van der Waals surface area (Å²) >= 11 is 1.48. The summed E-state index contributed by atoms with van der Waals surface area (Å²) in [5, 5.41) is 8.15. The molecule has 0 aliphatic heterocycles. The lowest BCUT2D eigenvalue weighted by molar-refractivity contribution is -0.134. The number of benzene rings is 1. The van der Waals surface area contributed by atoms with Gasteiger partial charge in [-0.05, 0) is 30.7 Å². The smallest absolute Gasteiger partial charge is 0.243 e. The molecule has 1 aromatic carbocycles. The van der Waals surface area contributed by atoms with E-state index in [1.807, 2.05) is 58.0 Å². The molecule has 0 saturated heterocycles. The van der Waals surface area contributed by atoms with Crippen LogP contribution in [0.15, 0.2) is 30.3 Å². The van der Waals surface area contributed by atoms with E-state index in [1.54, 1.807) is 0 Å². The Morgan fingerprint density at radius 1 is 0.886 bits per heavy atom. The number of thioether (sulfide) groups is 1. The first-order valence-electron chi connectivity index (χ1n) is 12.0. The standard InChI is InChI=1S/C25H41N5O4S/c1-6-16(4)21(30-24(33)19(12-15(2)3)28-23(32)17(5)26)25(34)29-20(22(27)31)14-35-13-18-10-8-7-9-11-18/h7-11,15-17,19-21H,6,12-14,26H2,1-5H3,(H2,27,31)(H,28,32)(H,29,34)(H,30,33)/t16-,17-,19-,20-,21-/m0/s1. The molecular formula is C25H41N5O4S. The van der Waals surface area contributed by atoms with Crippen molar-refractivity contribution in [3.63, 3.8) is 0 Å². The Morgan fingerprint density at radius 3 is 2.00 bits per heavy atom. The highest BCUT2D eigenvalue weighted by atomic mass is 32.2. The number of carbonyl (C=O) groups is 4. The maximum Gasteiger partial charge on any atom is 0.243 e. The van der Waals surface area contributed by atoms with Gasteiger partial charge < -0.3 is 27.4 Å². The van der Waals surface area contributed by atoms with Crippen molar-refractivity contribution in [2.24, 2.45) is 23.3 Å². The molecule has 0 aromatic heterocycles. The number of nitrogens with two attached hydrogens (primary N) is 2. The number of carbonyl (C=O) groups excluding carboxylic acids is 4. The summed E-state index contributed by atoms with van der Waals surface area (Å²) in [5.41, 5.74) is 12.3. The van der Waals surface area contributed by atoms with E-state index in [0.29, 0.717) is 24.3 Å². The van der Waals surface area contributed by atoms with E-state index in [0.717, 1.165) is 5.56 Å². The van der Waals surface area contributed by atoms with E-state index in [-0.39, 0.29) is 11.8 Å². The van der Waals surface area contributed by atoms with Crippen LogP contribution in [0, 0.1) is 11.8 Å². The zero-order valence-corrected chi connectivity index (χ0v) is 22.2. The number of rotatable bonds is 15. The van der Waals surface area contributed by atoms with E-state index in [2.05, 4.69) is 16.0 Å². The molecule has 1 aromatic rings. The van der Waals surface area contributed by atoms with Gasteiger partial charge in [-0.15, -0.1) is 0 Å². The number of hydrogen-bond donors (Lipinski definition) is 5. The second-order valence-electron chi connectivity index (χ2n) is 9.32. The van der Waals surface area contributed by atoms with E-state index >= 15 is 0 Å². The van der Waals surface area contributed by atoms with Crippen LogP contribution in [0.1, 0.15) is 53.0 Å². The molecule has 4 amide bonds. The van der Waals surface area contributed by atoms with Crippen molar-refractivity contribution in [1.29, 1.82) is 0 Å². The normalized spacial score (nSPS) is 15.4. The molecule has 0 aliphatic carbocycles. The molecule has 0 heterocycles. The lowest BCUT2D eigenvalue weighted by Gasteiger charge is -2.28. The Labute approximate surface area is 212 Å². The Hall–Kier alpha value is -2.59. The minimum absolute atomic E-state index is 0.121. The molecular weight excluding hydrogens is 466 g/mol. The molecule has 7 N–H and O–H groups in total. The molecule has 1 rings (SSSR count). The highest BCUT2D eigenvalue weighted by Crippen LogP contribution is 2.14. The molecule has 0 unspecified atom stereocenters. The molecule has 0 spiro atoms. The Balaban J connectivity index is 2.89. The first-order chi connectivity index (χ1) is 16.5. The first-order valence-corrected chi connectivity index (χ1v) is 13.2. The Bertz CT molecular complexity index is 834. The fourth-order valence-electron chi connectivity index (χ4n) is 3.29. The van der Waals surface area contributed by atoms with E-state index in [9.17, 15) is 19.2 Å². The lowest BCUT2D eigenvalue weighted by atomic mass is 9.96. The van der Waals surface area contributed by atoms with Crippen molar-refractivity contribution in [2.75, 3.05) is 5.75 Å². The Morgan fingerprint density at radius 2 is 1.49 bits per heavy atom. The van der Waals surface area contributed by atoms with Crippen LogP contribution in [0.2, 0.25) is 0 Å². The van der Waals surface area contributed by atoms with Crippen LogP contribution in [0.3, 0.4) is 0 Å². The molecule has 0 saturated carbocycles. The summed E-state index contributed by atoms with van der Waals surface area (Å²) in [5.74, 6) is -1.17. The van der Waals surface area contributed by atoms with Crippen molar-refractivity contribution < 1.29 is 19.2 Å². The number of hydrogen-bond acceptors (Lipinski definition) is 6. The van der Waals surface area contributed by atoms with E-state index in [4.69, 9.17) is 11.5 Å². The first kappa shape index (κ1) is 30.4. The van der Waals surface area contributed by atoms with Crippen LogP contribution in [0.5, 0.6) is 0 Å². The van der Waals surface area contributed by atoms with E-state index < -0.39 is 47.8 Å². The maximum atomic E-state index is 13.2. The van der Waals surface area contributed by atoms with Crippen molar-refractivity contribution in [1.82, 2.24) is 16.0 Å². The molecule has 0 aliphatic rings. The molecule has 10 heteroatoms. The largest absolute Gasteiger partial charge is 0.368 e. The highest BCUT2D eigenvalue weighted by molar-refractivity contribution is 7.98. The predicted molar refractivity (Wildman–Crippen MR) is 140 cm³/mol. The van der Waals surface area contributed by atoms with Crippen molar-refractivity contribution in [2.45, 2.75) is 77.4 Å². The van der Waals surface area contributed by atoms with Crippen LogP contribution < -0.4 is 27.4 Å². The third kappa shape index (κ3) is 11.1.